The zero-order valence-corrected chi connectivity index (χ0v) is 10.3. The molecule has 0 saturated heterocycles. The predicted octanol–water partition coefficient (Wildman–Crippen LogP) is 1.96. The van der Waals surface area contributed by atoms with Crippen molar-refractivity contribution >= 4 is 22.9 Å². The number of benzene rings is 1. The van der Waals surface area contributed by atoms with Crippen molar-refractivity contribution in [3.63, 3.8) is 0 Å². The first kappa shape index (κ1) is 11.6. The summed E-state index contributed by atoms with van der Waals surface area (Å²) < 4.78 is 0. The van der Waals surface area contributed by atoms with Crippen LogP contribution in [0.25, 0.3) is 0 Å². The summed E-state index contributed by atoms with van der Waals surface area (Å²) in [6.45, 7) is 2.32. The van der Waals surface area contributed by atoms with Crippen molar-refractivity contribution < 1.29 is 4.79 Å². The second-order valence-electron chi connectivity index (χ2n) is 3.74. The van der Waals surface area contributed by atoms with Crippen LogP contribution >= 0.6 is 11.3 Å². The van der Waals surface area contributed by atoms with E-state index in [-0.39, 0.29) is 5.91 Å². The molecule has 5 heteroatoms. The molecule has 0 saturated carbocycles. The van der Waals surface area contributed by atoms with Gasteiger partial charge in [0.1, 0.15) is 0 Å². The van der Waals surface area contributed by atoms with Gasteiger partial charge in [0, 0.05) is 16.6 Å². The highest BCUT2D eigenvalue weighted by Gasteiger charge is 2.08. The molecule has 17 heavy (non-hydrogen) atoms. The first-order valence-electron chi connectivity index (χ1n) is 5.18. The van der Waals surface area contributed by atoms with Crippen LogP contribution in [0.15, 0.2) is 29.1 Å². The molecule has 2 aromatic rings. The molecule has 88 valence electrons. The van der Waals surface area contributed by atoms with Gasteiger partial charge < -0.3 is 11.1 Å². The van der Waals surface area contributed by atoms with Gasteiger partial charge in [-0.05, 0) is 30.7 Å². The summed E-state index contributed by atoms with van der Waals surface area (Å²) in [7, 11) is 0. The lowest BCUT2D eigenvalue weighted by Gasteiger charge is -2.07. The zero-order chi connectivity index (χ0) is 12.3. The van der Waals surface area contributed by atoms with Gasteiger partial charge in [0.25, 0.3) is 5.91 Å². The summed E-state index contributed by atoms with van der Waals surface area (Å²) in [4.78, 5) is 16.0. The highest BCUT2D eigenvalue weighted by atomic mass is 32.1. The lowest BCUT2D eigenvalue weighted by Crippen LogP contribution is -2.23. The number of aromatic nitrogens is 1. The number of thiazole rings is 1. The quantitative estimate of drug-likeness (QED) is 0.815. The third kappa shape index (κ3) is 2.82. The molecule has 0 fully saturated rings. The number of anilines is 1. The number of hydrogen-bond acceptors (Lipinski definition) is 4. The van der Waals surface area contributed by atoms with Crippen LogP contribution in [0, 0.1) is 6.92 Å². The molecule has 1 aromatic carbocycles. The molecule has 0 atom stereocenters. The third-order valence-corrected chi connectivity index (χ3v) is 3.04. The Balaban J connectivity index is 2.04. The maximum absolute atomic E-state index is 11.9. The standard InChI is InChI=1S/C12H13N3OS/c1-8-4-9(13)2-3-11(8)12(16)14-5-10-6-17-7-15-10/h2-4,6-7H,5,13H2,1H3,(H,14,16). The second-order valence-corrected chi connectivity index (χ2v) is 4.46. The van der Waals surface area contributed by atoms with Crippen molar-refractivity contribution in [1.82, 2.24) is 10.3 Å². The van der Waals surface area contributed by atoms with E-state index >= 15 is 0 Å². The summed E-state index contributed by atoms with van der Waals surface area (Å²) >= 11 is 1.51. The number of carbonyl (C=O) groups is 1. The van der Waals surface area contributed by atoms with Crippen LogP contribution in [0.3, 0.4) is 0 Å². The lowest BCUT2D eigenvalue weighted by molar-refractivity contribution is 0.0950. The van der Waals surface area contributed by atoms with Gasteiger partial charge in [-0.1, -0.05) is 0 Å². The molecule has 0 radical (unpaired) electrons. The highest BCUT2D eigenvalue weighted by Crippen LogP contribution is 2.12. The Hall–Kier alpha value is -1.88. The molecule has 1 amide bonds. The Kier molecular flexibility index (Phi) is 3.39. The Labute approximate surface area is 103 Å². The second kappa shape index (κ2) is 4.97. The van der Waals surface area contributed by atoms with E-state index in [0.29, 0.717) is 17.8 Å². The molecule has 3 N–H and O–H groups in total. The van der Waals surface area contributed by atoms with Gasteiger partial charge in [-0.15, -0.1) is 11.3 Å². The normalized spacial score (nSPS) is 10.2. The average Bonchev–Trinajstić information content (AvgIpc) is 2.78. The number of carbonyl (C=O) groups excluding carboxylic acids is 1. The van der Waals surface area contributed by atoms with Crippen molar-refractivity contribution in [3.05, 3.63) is 45.9 Å². The lowest BCUT2D eigenvalue weighted by atomic mass is 10.1. The molecular formula is C12H13N3OS. The van der Waals surface area contributed by atoms with E-state index in [4.69, 9.17) is 5.73 Å². The van der Waals surface area contributed by atoms with Gasteiger partial charge in [0.2, 0.25) is 0 Å². The molecule has 4 nitrogen and oxygen atoms in total. The molecule has 0 aliphatic heterocycles. The maximum atomic E-state index is 11.9. The van der Waals surface area contributed by atoms with Gasteiger partial charge in [-0.2, -0.15) is 0 Å². The number of nitrogen functional groups attached to an aromatic ring is 1. The van der Waals surface area contributed by atoms with E-state index in [1.807, 2.05) is 12.3 Å². The van der Waals surface area contributed by atoms with Crippen LogP contribution in [-0.4, -0.2) is 10.9 Å². The van der Waals surface area contributed by atoms with Crippen molar-refractivity contribution in [2.24, 2.45) is 0 Å². The van der Waals surface area contributed by atoms with Crippen LogP contribution in [0.5, 0.6) is 0 Å². The fourth-order valence-corrected chi connectivity index (χ4v) is 2.09. The largest absolute Gasteiger partial charge is 0.399 e. The van der Waals surface area contributed by atoms with Crippen LogP contribution < -0.4 is 11.1 Å². The van der Waals surface area contributed by atoms with Gasteiger partial charge in [0.05, 0.1) is 17.7 Å². The molecule has 0 unspecified atom stereocenters. The van der Waals surface area contributed by atoms with E-state index in [9.17, 15) is 4.79 Å². The monoisotopic (exact) mass is 247 g/mol. The Morgan fingerprint density at radius 2 is 2.35 bits per heavy atom. The average molecular weight is 247 g/mol. The summed E-state index contributed by atoms with van der Waals surface area (Å²) in [5, 5.41) is 4.74. The van der Waals surface area contributed by atoms with E-state index in [1.54, 1.807) is 23.7 Å². The molecule has 0 spiro atoms. The smallest absolute Gasteiger partial charge is 0.251 e. The number of nitrogens with zero attached hydrogens (tertiary/aromatic N) is 1. The summed E-state index contributed by atoms with van der Waals surface area (Å²) in [6, 6.07) is 5.25. The molecule has 0 aliphatic rings. The first-order chi connectivity index (χ1) is 8.16. The van der Waals surface area contributed by atoms with Crippen LogP contribution in [0.1, 0.15) is 21.6 Å². The summed E-state index contributed by atoms with van der Waals surface area (Å²) in [5.41, 5.74) is 10.4. The van der Waals surface area contributed by atoms with Crippen molar-refractivity contribution in [2.75, 3.05) is 5.73 Å². The topological polar surface area (TPSA) is 68.0 Å². The number of hydrogen-bond donors (Lipinski definition) is 2. The van der Waals surface area contributed by atoms with E-state index in [0.717, 1.165) is 11.3 Å². The molecule has 1 aromatic heterocycles. The van der Waals surface area contributed by atoms with Crippen molar-refractivity contribution in [1.29, 1.82) is 0 Å². The summed E-state index contributed by atoms with van der Waals surface area (Å²) in [6.07, 6.45) is 0. The Morgan fingerprint density at radius 1 is 1.53 bits per heavy atom. The van der Waals surface area contributed by atoms with Crippen LogP contribution in [0.2, 0.25) is 0 Å². The highest BCUT2D eigenvalue weighted by molar-refractivity contribution is 7.07. The van der Waals surface area contributed by atoms with E-state index in [2.05, 4.69) is 10.3 Å². The van der Waals surface area contributed by atoms with E-state index in [1.165, 1.54) is 11.3 Å². The fourth-order valence-electron chi connectivity index (χ4n) is 1.53. The molecular weight excluding hydrogens is 234 g/mol. The minimum atomic E-state index is -0.101. The fraction of sp³-hybridized carbons (Fsp3) is 0.167. The minimum absolute atomic E-state index is 0.101. The molecule has 2 rings (SSSR count). The van der Waals surface area contributed by atoms with Gasteiger partial charge >= 0.3 is 0 Å². The van der Waals surface area contributed by atoms with Gasteiger partial charge in [-0.3, -0.25) is 4.79 Å². The molecule has 0 bridgehead atoms. The Morgan fingerprint density at radius 3 is 3.00 bits per heavy atom. The number of amides is 1. The summed E-state index contributed by atoms with van der Waals surface area (Å²) in [5.74, 6) is -0.101. The Bertz CT molecular complexity index is 523. The zero-order valence-electron chi connectivity index (χ0n) is 9.43. The first-order valence-corrected chi connectivity index (χ1v) is 6.12. The molecule has 0 aliphatic carbocycles. The number of aryl methyl sites for hydroxylation is 1. The van der Waals surface area contributed by atoms with Crippen LogP contribution in [-0.2, 0) is 6.54 Å². The van der Waals surface area contributed by atoms with Gasteiger partial charge in [0.15, 0.2) is 0 Å². The van der Waals surface area contributed by atoms with E-state index < -0.39 is 0 Å². The predicted molar refractivity (Wildman–Crippen MR) is 68.9 cm³/mol. The number of nitrogens with two attached hydrogens (primary N) is 1. The van der Waals surface area contributed by atoms with Crippen molar-refractivity contribution in [3.8, 4) is 0 Å². The maximum Gasteiger partial charge on any atom is 0.251 e. The van der Waals surface area contributed by atoms with Crippen LogP contribution in [0.4, 0.5) is 5.69 Å². The number of rotatable bonds is 3. The SMILES string of the molecule is Cc1cc(N)ccc1C(=O)NCc1cscn1. The van der Waals surface area contributed by atoms with Crippen molar-refractivity contribution in [2.45, 2.75) is 13.5 Å². The minimum Gasteiger partial charge on any atom is -0.399 e. The van der Waals surface area contributed by atoms with Gasteiger partial charge in [-0.25, -0.2) is 4.98 Å². The number of nitrogens with one attached hydrogen (secondary N) is 1. The third-order valence-electron chi connectivity index (χ3n) is 2.41. The molecule has 1 heterocycles.